The standard InChI is InChI=1S/C17H24ClFN4O2/c1-3-25-17(24)23-10-8-22(9-11-23)16(20-2)21-7-6-13-4-5-14(19)12-15(13)18/h4-5,12H,3,6-11H2,1-2H3,(H,20,21). The van der Waals surface area contributed by atoms with E-state index in [-0.39, 0.29) is 11.9 Å². The number of halogens is 2. The predicted octanol–water partition coefficient (Wildman–Crippen LogP) is 2.37. The van der Waals surface area contributed by atoms with Gasteiger partial charge in [0, 0.05) is 44.8 Å². The van der Waals surface area contributed by atoms with Gasteiger partial charge in [-0.15, -0.1) is 0 Å². The zero-order valence-electron chi connectivity index (χ0n) is 14.6. The fraction of sp³-hybridized carbons (Fsp3) is 0.529. The van der Waals surface area contributed by atoms with Crippen molar-refractivity contribution in [1.82, 2.24) is 15.1 Å². The van der Waals surface area contributed by atoms with Crippen LogP contribution in [-0.4, -0.2) is 68.2 Å². The first-order valence-corrected chi connectivity index (χ1v) is 8.74. The fourth-order valence-corrected chi connectivity index (χ4v) is 2.94. The Kier molecular flexibility index (Phi) is 7.31. The van der Waals surface area contributed by atoms with Crippen LogP contribution in [0, 0.1) is 5.82 Å². The lowest BCUT2D eigenvalue weighted by Crippen LogP contribution is -2.54. The number of amides is 1. The number of hydrogen-bond acceptors (Lipinski definition) is 3. The summed E-state index contributed by atoms with van der Waals surface area (Å²) in [6.45, 7) is 5.40. The van der Waals surface area contributed by atoms with Crippen molar-refractivity contribution in [3.63, 3.8) is 0 Å². The molecule has 0 aliphatic carbocycles. The Bertz CT molecular complexity index is 619. The maximum absolute atomic E-state index is 13.1. The number of hydrogen-bond donors (Lipinski definition) is 1. The Labute approximate surface area is 152 Å². The van der Waals surface area contributed by atoms with Crippen LogP contribution >= 0.6 is 11.6 Å². The summed E-state index contributed by atoms with van der Waals surface area (Å²) >= 11 is 6.04. The molecule has 1 aliphatic heterocycles. The number of nitrogens with one attached hydrogen (secondary N) is 1. The van der Waals surface area contributed by atoms with E-state index in [4.69, 9.17) is 16.3 Å². The summed E-state index contributed by atoms with van der Waals surface area (Å²) in [7, 11) is 1.73. The van der Waals surface area contributed by atoms with Crippen molar-refractivity contribution < 1.29 is 13.9 Å². The Balaban J connectivity index is 1.80. The van der Waals surface area contributed by atoms with Crippen LogP contribution in [0.1, 0.15) is 12.5 Å². The van der Waals surface area contributed by atoms with Gasteiger partial charge in [-0.05, 0) is 31.0 Å². The van der Waals surface area contributed by atoms with Gasteiger partial charge in [0.2, 0.25) is 0 Å². The van der Waals surface area contributed by atoms with E-state index in [0.29, 0.717) is 50.8 Å². The zero-order chi connectivity index (χ0) is 18.2. The van der Waals surface area contributed by atoms with Crippen LogP contribution in [0.25, 0.3) is 0 Å². The summed E-state index contributed by atoms with van der Waals surface area (Å²) in [6.07, 6.45) is 0.400. The van der Waals surface area contributed by atoms with Gasteiger partial charge in [-0.25, -0.2) is 9.18 Å². The van der Waals surface area contributed by atoms with E-state index in [0.717, 1.165) is 11.5 Å². The molecule has 1 saturated heterocycles. The molecule has 0 saturated carbocycles. The molecule has 0 radical (unpaired) electrons. The molecule has 1 aliphatic rings. The van der Waals surface area contributed by atoms with Crippen LogP contribution in [0.15, 0.2) is 23.2 Å². The average Bonchev–Trinajstić information content (AvgIpc) is 2.61. The molecular formula is C17H24ClFN4O2. The third-order valence-corrected chi connectivity index (χ3v) is 4.36. The smallest absolute Gasteiger partial charge is 0.409 e. The molecule has 8 heteroatoms. The maximum atomic E-state index is 13.1. The third-order valence-electron chi connectivity index (χ3n) is 4.01. The topological polar surface area (TPSA) is 57.2 Å². The molecule has 0 unspecified atom stereocenters. The highest BCUT2D eigenvalue weighted by Crippen LogP contribution is 2.17. The van der Waals surface area contributed by atoms with Crippen LogP contribution in [0.4, 0.5) is 9.18 Å². The second-order valence-corrected chi connectivity index (χ2v) is 6.04. The van der Waals surface area contributed by atoms with E-state index in [1.54, 1.807) is 24.9 Å². The average molecular weight is 371 g/mol. The van der Waals surface area contributed by atoms with Gasteiger partial charge in [-0.3, -0.25) is 4.99 Å². The highest BCUT2D eigenvalue weighted by molar-refractivity contribution is 6.31. The molecule has 1 aromatic rings. The molecule has 6 nitrogen and oxygen atoms in total. The van der Waals surface area contributed by atoms with Crippen molar-refractivity contribution >= 4 is 23.7 Å². The fourth-order valence-electron chi connectivity index (χ4n) is 2.68. The molecular weight excluding hydrogens is 347 g/mol. The normalized spacial score (nSPS) is 15.3. The van der Waals surface area contributed by atoms with E-state index >= 15 is 0 Å². The van der Waals surface area contributed by atoms with Gasteiger partial charge in [-0.1, -0.05) is 17.7 Å². The molecule has 1 N–H and O–H groups in total. The molecule has 0 aromatic heterocycles. The lowest BCUT2D eigenvalue weighted by Gasteiger charge is -2.35. The van der Waals surface area contributed by atoms with Crippen LogP contribution < -0.4 is 5.32 Å². The van der Waals surface area contributed by atoms with Gasteiger partial charge in [0.1, 0.15) is 5.82 Å². The van der Waals surface area contributed by atoms with Crippen LogP contribution in [-0.2, 0) is 11.2 Å². The zero-order valence-corrected chi connectivity index (χ0v) is 15.4. The SMILES string of the molecule is CCOC(=O)N1CCN(C(=NC)NCCc2ccc(F)cc2Cl)CC1. The lowest BCUT2D eigenvalue weighted by atomic mass is 10.1. The molecule has 2 rings (SSSR count). The van der Waals surface area contributed by atoms with Crippen molar-refractivity contribution in [1.29, 1.82) is 0 Å². The second-order valence-electron chi connectivity index (χ2n) is 5.63. The number of aliphatic imine (C=N–C) groups is 1. The molecule has 0 bridgehead atoms. The van der Waals surface area contributed by atoms with Crippen LogP contribution in [0.2, 0.25) is 5.02 Å². The van der Waals surface area contributed by atoms with Gasteiger partial charge in [0.25, 0.3) is 0 Å². The number of rotatable bonds is 4. The monoisotopic (exact) mass is 370 g/mol. The first-order valence-electron chi connectivity index (χ1n) is 8.36. The summed E-state index contributed by atoms with van der Waals surface area (Å²) < 4.78 is 18.1. The highest BCUT2D eigenvalue weighted by atomic mass is 35.5. The van der Waals surface area contributed by atoms with Gasteiger partial charge in [0.15, 0.2) is 5.96 Å². The minimum atomic E-state index is -0.336. The number of ether oxygens (including phenoxy) is 1. The molecule has 1 amide bonds. The molecule has 25 heavy (non-hydrogen) atoms. The molecule has 1 fully saturated rings. The van der Waals surface area contributed by atoms with Crippen molar-refractivity contribution in [2.45, 2.75) is 13.3 Å². The Morgan fingerprint density at radius 3 is 2.60 bits per heavy atom. The van der Waals surface area contributed by atoms with E-state index in [2.05, 4.69) is 15.2 Å². The number of nitrogens with zero attached hydrogens (tertiary/aromatic N) is 3. The second kappa shape index (κ2) is 9.46. The molecule has 0 atom stereocenters. The molecule has 138 valence electrons. The Morgan fingerprint density at radius 2 is 2.00 bits per heavy atom. The van der Waals surface area contributed by atoms with Gasteiger partial charge >= 0.3 is 6.09 Å². The van der Waals surface area contributed by atoms with Gasteiger partial charge in [-0.2, -0.15) is 0 Å². The molecule has 0 spiro atoms. The maximum Gasteiger partial charge on any atom is 0.409 e. The summed E-state index contributed by atoms with van der Waals surface area (Å²) in [5, 5.41) is 3.72. The molecule has 1 aromatic carbocycles. The summed E-state index contributed by atoms with van der Waals surface area (Å²) in [4.78, 5) is 19.8. The van der Waals surface area contributed by atoms with Crippen molar-refractivity contribution in [2.75, 3.05) is 46.4 Å². The number of carbonyl (C=O) groups is 1. The summed E-state index contributed by atoms with van der Waals surface area (Å²) in [5.41, 5.74) is 0.887. The van der Waals surface area contributed by atoms with E-state index in [1.165, 1.54) is 12.1 Å². The summed E-state index contributed by atoms with van der Waals surface area (Å²) in [5.74, 6) is 0.443. The minimum Gasteiger partial charge on any atom is -0.450 e. The highest BCUT2D eigenvalue weighted by Gasteiger charge is 2.23. The first-order chi connectivity index (χ1) is 12.0. The van der Waals surface area contributed by atoms with E-state index < -0.39 is 0 Å². The summed E-state index contributed by atoms with van der Waals surface area (Å²) in [6, 6.07) is 4.42. The Morgan fingerprint density at radius 1 is 1.32 bits per heavy atom. The lowest BCUT2D eigenvalue weighted by molar-refractivity contribution is 0.0915. The van der Waals surface area contributed by atoms with Gasteiger partial charge in [0.05, 0.1) is 6.61 Å². The van der Waals surface area contributed by atoms with Gasteiger partial charge < -0.3 is 19.9 Å². The Hall–Kier alpha value is -2.02. The van der Waals surface area contributed by atoms with Crippen molar-refractivity contribution in [3.05, 3.63) is 34.6 Å². The quantitative estimate of drug-likeness (QED) is 0.653. The number of benzene rings is 1. The minimum absolute atomic E-state index is 0.268. The van der Waals surface area contributed by atoms with Crippen LogP contribution in [0.5, 0.6) is 0 Å². The third kappa shape index (κ3) is 5.49. The first kappa shape index (κ1) is 19.3. The largest absolute Gasteiger partial charge is 0.450 e. The number of piperazine rings is 1. The number of guanidine groups is 1. The van der Waals surface area contributed by atoms with E-state index in [9.17, 15) is 9.18 Å². The molecule has 1 heterocycles. The van der Waals surface area contributed by atoms with E-state index in [1.807, 2.05) is 0 Å². The van der Waals surface area contributed by atoms with Crippen molar-refractivity contribution in [2.24, 2.45) is 4.99 Å². The van der Waals surface area contributed by atoms with Crippen molar-refractivity contribution in [3.8, 4) is 0 Å². The van der Waals surface area contributed by atoms with Crippen LogP contribution in [0.3, 0.4) is 0 Å². The predicted molar refractivity (Wildman–Crippen MR) is 96.6 cm³/mol. The number of carbonyl (C=O) groups excluding carboxylic acids is 1.